The van der Waals surface area contributed by atoms with E-state index in [1.54, 1.807) is 16.8 Å². The number of aromatic nitrogens is 2. The molecule has 0 fully saturated rings. The molecule has 2 rings (SSSR count). The molecule has 6 nitrogen and oxygen atoms in total. The molecule has 1 aromatic carbocycles. The molecule has 1 N–H and O–H groups in total. The average molecular weight is 247 g/mol. The van der Waals surface area contributed by atoms with E-state index in [0.29, 0.717) is 0 Å². The normalized spacial score (nSPS) is 10.6. The van der Waals surface area contributed by atoms with Crippen molar-refractivity contribution in [1.29, 1.82) is 0 Å². The van der Waals surface area contributed by atoms with E-state index in [1.165, 1.54) is 12.1 Å². The van der Waals surface area contributed by atoms with Crippen LogP contribution in [0.25, 0.3) is 5.69 Å². The fourth-order valence-electron chi connectivity index (χ4n) is 1.87. The molecule has 0 atom stereocenters. The van der Waals surface area contributed by atoms with Crippen molar-refractivity contribution in [2.24, 2.45) is 0 Å². The molecule has 0 amide bonds. The van der Waals surface area contributed by atoms with Gasteiger partial charge in [0.2, 0.25) is 0 Å². The Morgan fingerprint density at radius 2 is 1.94 bits per heavy atom. The number of non-ortho nitro benzene ring substituents is 1. The van der Waals surface area contributed by atoms with E-state index in [0.717, 1.165) is 22.6 Å². The van der Waals surface area contributed by atoms with Crippen LogP contribution in [0, 0.1) is 24.0 Å². The fraction of sp³-hybridized carbons (Fsp3) is 0.250. The number of nitro groups is 1. The summed E-state index contributed by atoms with van der Waals surface area (Å²) in [6.07, 6.45) is 0. The third-order valence-electron chi connectivity index (χ3n) is 2.90. The van der Waals surface area contributed by atoms with Crippen LogP contribution in [0.3, 0.4) is 0 Å². The summed E-state index contributed by atoms with van der Waals surface area (Å²) in [5.74, 6) is 0. The van der Waals surface area contributed by atoms with Gasteiger partial charge in [0.25, 0.3) is 5.69 Å². The molecule has 0 radical (unpaired) electrons. The number of nitro benzene ring substituents is 1. The number of aryl methyl sites for hydroxylation is 1. The van der Waals surface area contributed by atoms with Gasteiger partial charge in [-0.15, -0.1) is 0 Å². The van der Waals surface area contributed by atoms with Crippen molar-refractivity contribution in [3.05, 3.63) is 51.3 Å². The predicted molar refractivity (Wildman–Crippen MR) is 65.6 cm³/mol. The van der Waals surface area contributed by atoms with Crippen LogP contribution in [-0.2, 0) is 6.61 Å². The van der Waals surface area contributed by atoms with Gasteiger partial charge >= 0.3 is 0 Å². The van der Waals surface area contributed by atoms with Gasteiger partial charge in [0.05, 0.1) is 22.9 Å². The molecule has 2 aromatic rings. The van der Waals surface area contributed by atoms with Crippen LogP contribution in [-0.4, -0.2) is 19.8 Å². The lowest BCUT2D eigenvalue weighted by molar-refractivity contribution is -0.384. The summed E-state index contributed by atoms with van der Waals surface area (Å²) >= 11 is 0. The topological polar surface area (TPSA) is 81.2 Å². The summed E-state index contributed by atoms with van der Waals surface area (Å²) in [4.78, 5) is 10.1. The molecule has 94 valence electrons. The molecule has 0 unspecified atom stereocenters. The zero-order valence-electron chi connectivity index (χ0n) is 10.1. The van der Waals surface area contributed by atoms with E-state index in [2.05, 4.69) is 5.10 Å². The van der Waals surface area contributed by atoms with Crippen molar-refractivity contribution in [1.82, 2.24) is 9.78 Å². The molecule has 1 heterocycles. The van der Waals surface area contributed by atoms with E-state index in [4.69, 9.17) is 0 Å². The fourth-order valence-corrected chi connectivity index (χ4v) is 1.87. The monoisotopic (exact) mass is 247 g/mol. The molecule has 0 aliphatic rings. The summed E-state index contributed by atoms with van der Waals surface area (Å²) < 4.78 is 1.67. The number of aliphatic hydroxyl groups is 1. The second-order valence-corrected chi connectivity index (χ2v) is 3.99. The van der Waals surface area contributed by atoms with Crippen molar-refractivity contribution >= 4 is 5.69 Å². The van der Waals surface area contributed by atoms with Crippen molar-refractivity contribution in [3.8, 4) is 5.69 Å². The van der Waals surface area contributed by atoms with E-state index >= 15 is 0 Å². The van der Waals surface area contributed by atoms with Crippen molar-refractivity contribution in [2.75, 3.05) is 0 Å². The van der Waals surface area contributed by atoms with Gasteiger partial charge in [0.1, 0.15) is 0 Å². The first kappa shape index (κ1) is 12.3. The van der Waals surface area contributed by atoms with Gasteiger partial charge in [-0.3, -0.25) is 10.1 Å². The van der Waals surface area contributed by atoms with Crippen molar-refractivity contribution in [2.45, 2.75) is 20.5 Å². The van der Waals surface area contributed by atoms with E-state index in [1.807, 2.05) is 13.8 Å². The summed E-state index contributed by atoms with van der Waals surface area (Å²) in [6.45, 7) is 3.61. The second kappa shape index (κ2) is 4.58. The molecular weight excluding hydrogens is 234 g/mol. The maximum Gasteiger partial charge on any atom is 0.269 e. The van der Waals surface area contributed by atoms with Gasteiger partial charge in [0.15, 0.2) is 0 Å². The van der Waals surface area contributed by atoms with Crippen LogP contribution in [0.5, 0.6) is 0 Å². The van der Waals surface area contributed by atoms with Gasteiger partial charge in [-0.25, -0.2) is 4.68 Å². The molecule has 1 aromatic heterocycles. The Balaban J connectivity index is 2.46. The number of rotatable bonds is 3. The van der Waals surface area contributed by atoms with Gasteiger partial charge in [-0.2, -0.15) is 5.10 Å². The lowest BCUT2D eigenvalue weighted by Gasteiger charge is -2.04. The Morgan fingerprint density at radius 1 is 1.33 bits per heavy atom. The van der Waals surface area contributed by atoms with Crippen LogP contribution in [0.1, 0.15) is 17.0 Å². The highest BCUT2D eigenvalue weighted by atomic mass is 16.6. The number of aliphatic hydroxyl groups excluding tert-OH is 1. The maximum atomic E-state index is 10.6. The highest BCUT2D eigenvalue weighted by Crippen LogP contribution is 2.20. The van der Waals surface area contributed by atoms with Gasteiger partial charge in [-0.1, -0.05) is 0 Å². The smallest absolute Gasteiger partial charge is 0.269 e. The lowest BCUT2D eigenvalue weighted by Crippen LogP contribution is -2.00. The summed E-state index contributed by atoms with van der Waals surface area (Å²) in [6, 6.07) is 6.15. The molecule has 0 bridgehead atoms. The molecular formula is C12H13N3O3. The lowest BCUT2D eigenvalue weighted by atomic mass is 10.2. The number of hydrogen-bond donors (Lipinski definition) is 1. The Labute approximate surface area is 104 Å². The number of nitrogens with zero attached hydrogens (tertiary/aromatic N) is 3. The first-order valence-electron chi connectivity index (χ1n) is 5.45. The summed E-state index contributed by atoms with van der Waals surface area (Å²) in [5, 5.41) is 24.1. The molecule has 0 saturated heterocycles. The van der Waals surface area contributed by atoms with Crippen LogP contribution >= 0.6 is 0 Å². The van der Waals surface area contributed by atoms with Crippen LogP contribution in [0.4, 0.5) is 5.69 Å². The Morgan fingerprint density at radius 3 is 2.39 bits per heavy atom. The third-order valence-corrected chi connectivity index (χ3v) is 2.90. The molecule has 0 aliphatic heterocycles. The predicted octanol–water partition coefficient (Wildman–Crippen LogP) is 1.89. The largest absolute Gasteiger partial charge is 0.392 e. The van der Waals surface area contributed by atoms with Crippen LogP contribution < -0.4 is 0 Å². The first-order chi connectivity index (χ1) is 8.54. The summed E-state index contributed by atoms with van der Waals surface area (Å²) in [7, 11) is 0. The first-order valence-corrected chi connectivity index (χ1v) is 5.45. The minimum atomic E-state index is -0.440. The zero-order valence-corrected chi connectivity index (χ0v) is 10.1. The average Bonchev–Trinajstić information content (AvgIpc) is 2.64. The van der Waals surface area contributed by atoms with Gasteiger partial charge < -0.3 is 5.11 Å². The minimum Gasteiger partial charge on any atom is -0.392 e. The Hall–Kier alpha value is -2.21. The van der Waals surface area contributed by atoms with Crippen LogP contribution in [0.2, 0.25) is 0 Å². The maximum absolute atomic E-state index is 10.6. The third kappa shape index (κ3) is 1.98. The number of hydrogen-bond acceptors (Lipinski definition) is 4. The minimum absolute atomic E-state index is 0.0441. The highest BCUT2D eigenvalue weighted by Gasteiger charge is 2.12. The quantitative estimate of drug-likeness (QED) is 0.663. The molecule has 6 heteroatoms. The molecule has 18 heavy (non-hydrogen) atoms. The second-order valence-electron chi connectivity index (χ2n) is 3.99. The molecule has 0 spiro atoms. The van der Waals surface area contributed by atoms with E-state index in [-0.39, 0.29) is 12.3 Å². The number of benzene rings is 1. The SMILES string of the molecule is Cc1nn(-c2ccc([N+](=O)[O-])cc2)c(C)c1CO. The van der Waals surface area contributed by atoms with E-state index in [9.17, 15) is 15.2 Å². The summed E-state index contributed by atoms with van der Waals surface area (Å²) in [5.41, 5.74) is 3.16. The Kier molecular flexibility index (Phi) is 3.12. The van der Waals surface area contributed by atoms with Gasteiger partial charge in [-0.05, 0) is 26.0 Å². The van der Waals surface area contributed by atoms with Crippen molar-refractivity contribution < 1.29 is 10.0 Å². The molecule has 0 aliphatic carbocycles. The Bertz CT molecular complexity index is 587. The van der Waals surface area contributed by atoms with Crippen molar-refractivity contribution in [3.63, 3.8) is 0 Å². The van der Waals surface area contributed by atoms with E-state index < -0.39 is 4.92 Å². The highest BCUT2D eigenvalue weighted by molar-refractivity contribution is 5.42. The van der Waals surface area contributed by atoms with Gasteiger partial charge in [0, 0.05) is 23.4 Å². The molecule has 0 saturated carbocycles. The standard InChI is InChI=1S/C12H13N3O3/c1-8-12(7-16)9(2)14(13-8)10-3-5-11(6-4-10)15(17)18/h3-6,16H,7H2,1-2H3. The zero-order chi connectivity index (χ0) is 13.3. The van der Waals surface area contributed by atoms with Crippen LogP contribution in [0.15, 0.2) is 24.3 Å².